The summed E-state index contributed by atoms with van der Waals surface area (Å²) < 4.78 is 0. The van der Waals surface area contributed by atoms with Crippen molar-refractivity contribution in [2.45, 2.75) is 33.1 Å². The molecule has 2 rings (SSSR count). The fourth-order valence-electron chi connectivity index (χ4n) is 2.68. The van der Waals surface area contributed by atoms with Crippen LogP contribution in [0, 0.1) is 5.92 Å². The van der Waals surface area contributed by atoms with E-state index in [0.717, 1.165) is 24.7 Å². The van der Waals surface area contributed by atoms with Gasteiger partial charge in [-0.1, -0.05) is 24.9 Å². The van der Waals surface area contributed by atoms with E-state index in [1.807, 2.05) is 12.1 Å². The average molecular weight is 266 g/mol. The lowest BCUT2D eigenvalue weighted by Gasteiger charge is -2.20. The van der Waals surface area contributed by atoms with Gasteiger partial charge in [-0.15, -0.1) is 0 Å². The predicted molar refractivity (Wildman–Crippen MR) is 76.7 cm³/mol. The zero-order valence-electron chi connectivity index (χ0n) is 11.1. The van der Waals surface area contributed by atoms with Crippen LogP contribution in [0.5, 0.6) is 0 Å². The molecule has 1 aromatic carbocycles. The van der Waals surface area contributed by atoms with E-state index in [1.165, 1.54) is 19.3 Å². The van der Waals surface area contributed by atoms with Crippen molar-refractivity contribution in [3.8, 4) is 0 Å². The maximum Gasteiger partial charge on any atom is 0.159 e. The molecule has 1 aliphatic heterocycles. The molecule has 0 bridgehead atoms. The lowest BCUT2D eigenvalue weighted by atomic mass is 10.0. The molecule has 18 heavy (non-hydrogen) atoms. The van der Waals surface area contributed by atoms with Gasteiger partial charge in [0.05, 0.1) is 10.7 Å². The Morgan fingerprint density at radius 1 is 1.50 bits per heavy atom. The van der Waals surface area contributed by atoms with Crippen LogP contribution in [0.15, 0.2) is 18.2 Å². The molecule has 0 amide bonds. The summed E-state index contributed by atoms with van der Waals surface area (Å²) >= 11 is 6.28. The summed E-state index contributed by atoms with van der Waals surface area (Å²) in [4.78, 5) is 13.6. The lowest BCUT2D eigenvalue weighted by Crippen LogP contribution is -2.20. The molecular weight excluding hydrogens is 246 g/mol. The van der Waals surface area contributed by atoms with Crippen molar-refractivity contribution in [1.29, 1.82) is 0 Å². The highest BCUT2D eigenvalue weighted by Crippen LogP contribution is 2.32. The highest BCUT2D eigenvalue weighted by molar-refractivity contribution is 6.33. The molecule has 0 aromatic heterocycles. The molecule has 1 aliphatic rings. The molecular formula is C15H20ClNO. The maximum atomic E-state index is 11.3. The molecule has 1 aromatic rings. The molecule has 1 fully saturated rings. The van der Waals surface area contributed by atoms with Gasteiger partial charge in [-0.05, 0) is 43.9 Å². The first-order valence-electron chi connectivity index (χ1n) is 6.67. The van der Waals surface area contributed by atoms with E-state index in [2.05, 4.69) is 11.8 Å². The third-order valence-corrected chi connectivity index (χ3v) is 3.98. The summed E-state index contributed by atoms with van der Waals surface area (Å²) in [7, 11) is 0. The Labute approximate surface area is 114 Å². The fraction of sp³-hybridized carbons (Fsp3) is 0.533. The molecule has 1 unspecified atom stereocenters. The van der Waals surface area contributed by atoms with Crippen molar-refractivity contribution in [3.05, 3.63) is 28.8 Å². The van der Waals surface area contributed by atoms with Crippen molar-refractivity contribution in [2.75, 3.05) is 18.0 Å². The maximum absolute atomic E-state index is 11.3. The van der Waals surface area contributed by atoms with Crippen LogP contribution >= 0.6 is 11.6 Å². The van der Waals surface area contributed by atoms with Crippen LogP contribution in [-0.4, -0.2) is 18.9 Å². The van der Waals surface area contributed by atoms with Crippen LogP contribution in [-0.2, 0) is 0 Å². The number of carbonyl (C=O) groups excluding carboxylic acids is 1. The first-order chi connectivity index (χ1) is 8.61. The SMILES string of the molecule is CCCC1CCN(c2ccc(C(C)=O)cc2Cl)C1. The predicted octanol–water partition coefficient (Wildman–Crippen LogP) is 4.17. The highest BCUT2D eigenvalue weighted by Gasteiger charge is 2.23. The van der Waals surface area contributed by atoms with Gasteiger partial charge in [-0.25, -0.2) is 0 Å². The topological polar surface area (TPSA) is 20.3 Å². The number of nitrogens with zero attached hydrogens (tertiary/aromatic N) is 1. The number of anilines is 1. The van der Waals surface area contributed by atoms with Crippen LogP contribution < -0.4 is 4.90 Å². The van der Waals surface area contributed by atoms with E-state index in [4.69, 9.17) is 11.6 Å². The summed E-state index contributed by atoms with van der Waals surface area (Å²) in [6.45, 7) is 5.96. The molecule has 1 atom stereocenters. The van der Waals surface area contributed by atoms with Crippen LogP contribution in [0.1, 0.15) is 43.5 Å². The Bertz CT molecular complexity index is 444. The highest BCUT2D eigenvalue weighted by atomic mass is 35.5. The summed E-state index contributed by atoms with van der Waals surface area (Å²) in [5, 5.41) is 0.694. The Morgan fingerprint density at radius 3 is 2.89 bits per heavy atom. The van der Waals surface area contributed by atoms with Gasteiger partial charge in [0.25, 0.3) is 0 Å². The first kappa shape index (κ1) is 13.4. The number of carbonyl (C=O) groups is 1. The van der Waals surface area contributed by atoms with Gasteiger partial charge in [-0.3, -0.25) is 4.79 Å². The second kappa shape index (κ2) is 5.75. The van der Waals surface area contributed by atoms with E-state index in [-0.39, 0.29) is 5.78 Å². The lowest BCUT2D eigenvalue weighted by molar-refractivity contribution is 0.101. The molecule has 0 saturated carbocycles. The Morgan fingerprint density at radius 2 is 2.28 bits per heavy atom. The van der Waals surface area contributed by atoms with Crippen molar-refractivity contribution >= 4 is 23.1 Å². The van der Waals surface area contributed by atoms with Gasteiger partial charge in [0.15, 0.2) is 5.78 Å². The van der Waals surface area contributed by atoms with E-state index >= 15 is 0 Å². The van der Waals surface area contributed by atoms with Gasteiger partial charge in [0.1, 0.15) is 0 Å². The number of benzene rings is 1. The van der Waals surface area contributed by atoms with Crippen molar-refractivity contribution < 1.29 is 4.79 Å². The molecule has 0 N–H and O–H groups in total. The largest absolute Gasteiger partial charge is 0.370 e. The van der Waals surface area contributed by atoms with Crippen molar-refractivity contribution in [3.63, 3.8) is 0 Å². The number of ketones is 1. The number of halogens is 1. The Hall–Kier alpha value is -1.02. The van der Waals surface area contributed by atoms with E-state index < -0.39 is 0 Å². The van der Waals surface area contributed by atoms with E-state index in [9.17, 15) is 4.79 Å². The number of hydrogen-bond donors (Lipinski definition) is 0. The first-order valence-corrected chi connectivity index (χ1v) is 7.05. The monoisotopic (exact) mass is 265 g/mol. The van der Waals surface area contributed by atoms with Gasteiger partial charge >= 0.3 is 0 Å². The molecule has 1 heterocycles. The van der Waals surface area contributed by atoms with E-state index in [1.54, 1.807) is 13.0 Å². The zero-order chi connectivity index (χ0) is 13.1. The smallest absolute Gasteiger partial charge is 0.159 e. The molecule has 1 saturated heterocycles. The minimum atomic E-state index is 0.0636. The van der Waals surface area contributed by atoms with E-state index in [0.29, 0.717) is 10.6 Å². The van der Waals surface area contributed by atoms with Gasteiger partial charge in [0.2, 0.25) is 0 Å². The third kappa shape index (κ3) is 2.86. The Balaban J connectivity index is 2.12. The van der Waals surface area contributed by atoms with Crippen LogP contribution in [0.3, 0.4) is 0 Å². The molecule has 0 radical (unpaired) electrons. The zero-order valence-corrected chi connectivity index (χ0v) is 11.8. The molecule has 0 aliphatic carbocycles. The minimum Gasteiger partial charge on any atom is -0.370 e. The van der Waals surface area contributed by atoms with Crippen molar-refractivity contribution in [1.82, 2.24) is 0 Å². The normalized spacial score (nSPS) is 19.3. The van der Waals surface area contributed by atoms with Crippen molar-refractivity contribution in [2.24, 2.45) is 5.92 Å². The van der Waals surface area contributed by atoms with Crippen LogP contribution in [0.4, 0.5) is 5.69 Å². The number of Topliss-reactive ketones (excluding diaryl/α,β-unsaturated/α-hetero) is 1. The second-order valence-electron chi connectivity index (χ2n) is 5.11. The fourth-order valence-corrected chi connectivity index (χ4v) is 2.98. The van der Waals surface area contributed by atoms with Crippen LogP contribution in [0.25, 0.3) is 0 Å². The second-order valence-corrected chi connectivity index (χ2v) is 5.52. The number of hydrogen-bond acceptors (Lipinski definition) is 2. The summed E-state index contributed by atoms with van der Waals surface area (Å²) in [6.07, 6.45) is 3.79. The average Bonchev–Trinajstić information content (AvgIpc) is 2.77. The summed E-state index contributed by atoms with van der Waals surface area (Å²) in [5.41, 5.74) is 1.76. The summed E-state index contributed by atoms with van der Waals surface area (Å²) in [6, 6.07) is 5.64. The van der Waals surface area contributed by atoms with Gasteiger partial charge < -0.3 is 4.90 Å². The third-order valence-electron chi connectivity index (χ3n) is 3.68. The number of rotatable bonds is 4. The van der Waals surface area contributed by atoms with Crippen LogP contribution in [0.2, 0.25) is 5.02 Å². The van der Waals surface area contributed by atoms with Gasteiger partial charge in [0, 0.05) is 18.7 Å². The molecule has 0 spiro atoms. The molecule has 3 heteroatoms. The minimum absolute atomic E-state index is 0.0636. The quantitative estimate of drug-likeness (QED) is 0.762. The standard InChI is InChI=1S/C15H20ClNO/c1-3-4-12-7-8-17(10-12)15-6-5-13(11(2)18)9-14(15)16/h5-6,9,12H,3-4,7-8,10H2,1-2H3. The summed E-state index contributed by atoms with van der Waals surface area (Å²) in [5.74, 6) is 0.854. The molecule has 98 valence electrons. The molecule has 2 nitrogen and oxygen atoms in total. The Kier molecular flexibility index (Phi) is 4.28. The van der Waals surface area contributed by atoms with Gasteiger partial charge in [-0.2, -0.15) is 0 Å².